The molecule has 8 nitrogen and oxygen atoms in total. The van der Waals surface area contributed by atoms with E-state index in [1.807, 2.05) is 0 Å². The molecular weight excluding hydrogens is 403 g/mol. The highest BCUT2D eigenvalue weighted by atomic mass is 19.1. The summed E-state index contributed by atoms with van der Waals surface area (Å²) in [6.45, 7) is 0.475. The third-order valence-electron chi connectivity index (χ3n) is 4.59. The minimum absolute atomic E-state index is 0.0325. The second-order valence-electron chi connectivity index (χ2n) is 6.92. The zero-order valence-electron chi connectivity index (χ0n) is 16.6. The molecule has 1 heterocycles. The van der Waals surface area contributed by atoms with Gasteiger partial charge in [0.1, 0.15) is 5.82 Å². The Morgan fingerprint density at radius 2 is 1.87 bits per heavy atom. The molecule has 3 rings (SSSR count). The fraction of sp³-hybridized carbons (Fsp3) is 0.227. The van der Waals surface area contributed by atoms with E-state index in [1.165, 1.54) is 24.4 Å². The van der Waals surface area contributed by atoms with E-state index >= 15 is 0 Å². The second kappa shape index (κ2) is 10.2. The number of carbonyl (C=O) groups excluding carboxylic acids is 2. The first-order valence-electron chi connectivity index (χ1n) is 9.76. The summed E-state index contributed by atoms with van der Waals surface area (Å²) in [5.74, 6) is -1.96. The molecule has 0 saturated carbocycles. The number of carboxylic acids is 1. The Hall–Kier alpha value is -3.88. The third kappa shape index (κ3) is 6.05. The molecule has 0 unspecified atom stereocenters. The molecule has 0 fully saturated rings. The lowest BCUT2D eigenvalue weighted by molar-refractivity contribution is -0.137. The normalized spacial score (nSPS) is 14.0. The molecule has 31 heavy (non-hydrogen) atoms. The van der Waals surface area contributed by atoms with Gasteiger partial charge in [-0.1, -0.05) is 18.6 Å². The summed E-state index contributed by atoms with van der Waals surface area (Å²) in [5.41, 5.74) is 2.03. The molecule has 0 spiro atoms. The smallest absolute Gasteiger partial charge is 0.303 e. The first kappa shape index (κ1) is 21.8. The monoisotopic (exact) mass is 424 g/mol. The van der Waals surface area contributed by atoms with Crippen LogP contribution in [0.15, 0.2) is 52.7 Å². The van der Waals surface area contributed by atoms with Gasteiger partial charge in [0.25, 0.3) is 11.8 Å². The van der Waals surface area contributed by atoms with Gasteiger partial charge < -0.3 is 15.7 Å². The molecular formula is C22H21FN4O4. The van der Waals surface area contributed by atoms with E-state index in [9.17, 15) is 18.8 Å². The van der Waals surface area contributed by atoms with Gasteiger partial charge in [-0.3, -0.25) is 14.4 Å². The SMILES string of the molecule is O=C(O)CCCCCNC(=O)c1ccc(/C=N/N=C2\C(=O)Nc3ccc(F)cc32)cc1. The summed E-state index contributed by atoms with van der Waals surface area (Å²) >= 11 is 0. The number of aliphatic carboxylic acids is 1. The van der Waals surface area contributed by atoms with E-state index in [1.54, 1.807) is 24.3 Å². The van der Waals surface area contributed by atoms with Crippen molar-refractivity contribution in [2.75, 3.05) is 11.9 Å². The van der Waals surface area contributed by atoms with E-state index in [4.69, 9.17) is 5.11 Å². The number of nitrogens with zero attached hydrogens (tertiary/aromatic N) is 2. The number of unbranched alkanes of at least 4 members (excludes halogenated alkanes) is 2. The molecule has 1 aliphatic heterocycles. The molecule has 0 saturated heterocycles. The molecule has 0 bridgehead atoms. The van der Waals surface area contributed by atoms with Gasteiger partial charge in [0.15, 0.2) is 5.71 Å². The molecule has 2 aromatic carbocycles. The van der Waals surface area contributed by atoms with Crippen molar-refractivity contribution in [1.29, 1.82) is 0 Å². The van der Waals surface area contributed by atoms with Crippen molar-refractivity contribution < 1.29 is 23.9 Å². The number of rotatable bonds is 9. The summed E-state index contributed by atoms with van der Waals surface area (Å²) in [4.78, 5) is 34.5. The Labute approximate surface area is 177 Å². The van der Waals surface area contributed by atoms with Crippen LogP contribution in [0.1, 0.15) is 47.2 Å². The predicted octanol–water partition coefficient (Wildman–Crippen LogP) is 2.98. The minimum Gasteiger partial charge on any atom is -0.481 e. The number of nitrogens with one attached hydrogen (secondary N) is 2. The molecule has 9 heteroatoms. The van der Waals surface area contributed by atoms with Crippen LogP contribution < -0.4 is 10.6 Å². The average molecular weight is 424 g/mol. The molecule has 160 valence electrons. The van der Waals surface area contributed by atoms with Gasteiger partial charge in [0.05, 0.1) is 11.9 Å². The van der Waals surface area contributed by atoms with E-state index in [0.717, 1.165) is 6.42 Å². The number of carboxylic acid groups (broad SMARTS) is 1. The van der Waals surface area contributed by atoms with Crippen molar-refractivity contribution in [2.45, 2.75) is 25.7 Å². The first-order chi connectivity index (χ1) is 14.9. The molecule has 0 radical (unpaired) electrons. The van der Waals surface area contributed by atoms with Gasteiger partial charge in [-0.2, -0.15) is 5.10 Å². The predicted molar refractivity (Wildman–Crippen MR) is 114 cm³/mol. The number of carbonyl (C=O) groups is 3. The highest BCUT2D eigenvalue weighted by Gasteiger charge is 2.26. The van der Waals surface area contributed by atoms with Crippen LogP contribution in [-0.4, -0.2) is 41.4 Å². The Morgan fingerprint density at radius 3 is 2.61 bits per heavy atom. The lowest BCUT2D eigenvalue weighted by Gasteiger charge is -2.05. The van der Waals surface area contributed by atoms with E-state index in [-0.39, 0.29) is 18.0 Å². The zero-order valence-corrected chi connectivity index (χ0v) is 16.6. The molecule has 0 atom stereocenters. The first-order valence-corrected chi connectivity index (χ1v) is 9.76. The zero-order chi connectivity index (χ0) is 22.2. The van der Waals surface area contributed by atoms with Gasteiger partial charge in [-0.15, -0.1) is 5.10 Å². The van der Waals surface area contributed by atoms with Crippen molar-refractivity contribution in [3.63, 3.8) is 0 Å². The van der Waals surface area contributed by atoms with E-state index in [2.05, 4.69) is 20.8 Å². The average Bonchev–Trinajstić information content (AvgIpc) is 3.05. The van der Waals surface area contributed by atoms with Crippen LogP contribution in [0, 0.1) is 5.82 Å². The Morgan fingerprint density at radius 1 is 1.10 bits per heavy atom. The van der Waals surface area contributed by atoms with Crippen LogP contribution in [-0.2, 0) is 9.59 Å². The summed E-state index contributed by atoms with van der Waals surface area (Å²) < 4.78 is 13.4. The van der Waals surface area contributed by atoms with Crippen molar-refractivity contribution in [1.82, 2.24) is 5.32 Å². The largest absolute Gasteiger partial charge is 0.481 e. The molecule has 0 aliphatic carbocycles. The third-order valence-corrected chi connectivity index (χ3v) is 4.59. The van der Waals surface area contributed by atoms with Gasteiger partial charge in [0, 0.05) is 24.1 Å². The number of amides is 2. The maximum Gasteiger partial charge on any atom is 0.303 e. The number of fused-ring (bicyclic) bond motifs is 1. The number of halogens is 1. The van der Waals surface area contributed by atoms with Crippen molar-refractivity contribution in [3.05, 3.63) is 65.0 Å². The summed E-state index contributed by atoms with van der Waals surface area (Å²) in [5, 5.41) is 21.8. The van der Waals surface area contributed by atoms with Gasteiger partial charge in [-0.05, 0) is 48.7 Å². The quantitative estimate of drug-likeness (QED) is 0.326. The number of benzene rings is 2. The van der Waals surface area contributed by atoms with Crippen LogP contribution >= 0.6 is 0 Å². The fourth-order valence-electron chi connectivity index (χ4n) is 2.98. The highest BCUT2D eigenvalue weighted by Crippen LogP contribution is 2.24. The van der Waals surface area contributed by atoms with E-state index < -0.39 is 17.7 Å². The fourth-order valence-corrected chi connectivity index (χ4v) is 2.98. The number of anilines is 1. The van der Waals surface area contributed by atoms with Crippen LogP contribution in [0.25, 0.3) is 0 Å². The Kier molecular flexibility index (Phi) is 7.21. The maximum atomic E-state index is 13.4. The molecule has 0 aromatic heterocycles. The maximum absolute atomic E-state index is 13.4. The van der Waals surface area contributed by atoms with Crippen molar-refractivity contribution in [2.24, 2.45) is 10.2 Å². The molecule has 1 aliphatic rings. The van der Waals surface area contributed by atoms with Gasteiger partial charge in [-0.25, -0.2) is 4.39 Å². The van der Waals surface area contributed by atoms with E-state index in [0.29, 0.717) is 41.8 Å². The second-order valence-corrected chi connectivity index (χ2v) is 6.92. The minimum atomic E-state index is -0.815. The lowest BCUT2D eigenvalue weighted by Crippen LogP contribution is -2.24. The van der Waals surface area contributed by atoms with Gasteiger partial charge >= 0.3 is 5.97 Å². The van der Waals surface area contributed by atoms with Gasteiger partial charge in [0.2, 0.25) is 0 Å². The van der Waals surface area contributed by atoms with Crippen LogP contribution in [0.4, 0.5) is 10.1 Å². The van der Waals surface area contributed by atoms with Crippen molar-refractivity contribution >= 4 is 35.4 Å². The topological polar surface area (TPSA) is 120 Å². The Bertz CT molecular complexity index is 1050. The summed E-state index contributed by atoms with van der Waals surface area (Å²) in [6.07, 6.45) is 3.61. The van der Waals surface area contributed by atoms with Crippen LogP contribution in [0.3, 0.4) is 0 Å². The summed E-state index contributed by atoms with van der Waals surface area (Å²) in [7, 11) is 0. The Balaban J connectivity index is 1.53. The number of hydrogen-bond acceptors (Lipinski definition) is 5. The lowest BCUT2D eigenvalue weighted by atomic mass is 10.1. The van der Waals surface area contributed by atoms with Crippen LogP contribution in [0.5, 0.6) is 0 Å². The standard InChI is InChI=1S/C22H21FN4O4/c23-16-9-10-18-17(12-16)20(22(31)26-18)27-25-13-14-5-7-15(8-6-14)21(30)24-11-3-1-2-4-19(28)29/h5-10,12-13H,1-4,11H2,(H,24,30)(H,28,29)(H,26,27,31)/b25-13+. The molecule has 2 amide bonds. The molecule has 2 aromatic rings. The van der Waals surface area contributed by atoms with Crippen LogP contribution in [0.2, 0.25) is 0 Å². The number of hydrogen-bond donors (Lipinski definition) is 3. The molecule has 3 N–H and O–H groups in total. The van der Waals surface area contributed by atoms with Crippen molar-refractivity contribution in [3.8, 4) is 0 Å². The highest BCUT2D eigenvalue weighted by molar-refractivity contribution is 6.53. The summed E-state index contributed by atoms with van der Waals surface area (Å²) in [6, 6.07) is 10.6.